The highest BCUT2D eigenvalue weighted by molar-refractivity contribution is 7.91. The Bertz CT molecular complexity index is 897. The van der Waals surface area contributed by atoms with Gasteiger partial charge in [-0.2, -0.15) is 4.31 Å². The lowest BCUT2D eigenvalue weighted by molar-refractivity contribution is -0.126. The molecule has 1 saturated heterocycles. The van der Waals surface area contributed by atoms with E-state index in [1.54, 1.807) is 17.5 Å². The van der Waals surface area contributed by atoms with Crippen molar-refractivity contribution in [1.29, 1.82) is 0 Å². The topological polar surface area (TPSA) is 75.7 Å². The quantitative estimate of drug-likeness (QED) is 0.744. The highest BCUT2D eigenvalue weighted by Crippen LogP contribution is 2.26. The number of hydrogen-bond acceptors (Lipinski definition) is 5. The lowest BCUT2D eigenvalue weighted by Gasteiger charge is -2.31. The summed E-state index contributed by atoms with van der Waals surface area (Å²) in [6.45, 7) is 4.90. The molecule has 8 heteroatoms. The molecule has 1 aromatic carbocycles. The van der Waals surface area contributed by atoms with E-state index in [2.05, 4.69) is 5.32 Å². The molecule has 0 unspecified atom stereocenters. The van der Waals surface area contributed by atoms with Gasteiger partial charge in [0, 0.05) is 13.1 Å². The number of nitrogens with one attached hydrogen (secondary N) is 1. The largest absolute Gasteiger partial charge is 0.491 e. The number of carbonyl (C=O) groups excluding carboxylic acids is 1. The van der Waals surface area contributed by atoms with Gasteiger partial charge in [-0.3, -0.25) is 4.79 Å². The Labute approximate surface area is 170 Å². The van der Waals surface area contributed by atoms with Crippen LogP contribution in [0.15, 0.2) is 46.0 Å². The number of rotatable bonds is 7. The molecular weight excluding hydrogens is 396 g/mol. The van der Waals surface area contributed by atoms with Crippen molar-refractivity contribution in [3.05, 3.63) is 47.3 Å². The highest BCUT2D eigenvalue weighted by Gasteiger charge is 2.34. The summed E-state index contributed by atoms with van der Waals surface area (Å²) >= 11 is 1.20. The van der Waals surface area contributed by atoms with Crippen molar-refractivity contribution in [2.75, 3.05) is 19.7 Å². The molecule has 3 rings (SSSR count). The summed E-state index contributed by atoms with van der Waals surface area (Å²) in [5.74, 6) is 0.339. The molecular formula is C20H26N2O4S2. The van der Waals surface area contributed by atoms with E-state index in [9.17, 15) is 13.2 Å². The number of para-hydroxylation sites is 1. The smallest absolute Gasteiger partial charge is 0.252 e. The van der Waals surface area contributed by atoms with Gasteiger partial charge in [0.15, 0.2) is 0 Å². The molecule has 6 nitrogen and oxygen atoms in total. The summed E-state index contributed by atoms with van der Waals surface area (Å²) in [6.07, 6.45) is 1.37. The molecule has 2 atom stereocenters. The van der Waals surface area contributed by atoms with Gasteiger partial charge in [-0.25, -0.2) is 8.42 Å². The number of benzene rings is 1. The van der Waals surface area contributed by atoms with Crippen molar-refractivity contribution in [3.63, 3.8) is 0 Å². The van der Waals surface area contributed by atoms with Crippen LogP contribution in [0.5, 0.6) is 5.75 Å². The molecule has 2 heterocycles. The Morgan fingerprint density at radius 3 is 2.82 bits per heavy atom. The van der Waals surface area contributed by atoms with Crippen molar-refractivity contribution < 1.29 is 17.9 Å². The molecule has 1 aliphatic rings. The van der Waals surface area contributed by atoms with Gasteiger partial charge in [-0.15, -0.1) is 11.3 Å². The maximum absolute atomic E-state index is 12.7. The Morgan fingerprint density at radius 2 is 2.11 bits per heavy atom. The first-order chi connectivity index (χ1) is 13.4. The van der Waals surface area contributed by atoms with Crippen LogP contribution in [-0.4, -0.2) is 44.4 Å². The number of amides is 1. The third kappa shape index (κ3) is 4.92. The maximum Gasteiger partial charge on any atom is 0.252 e. The zero-order valence-electron chi connectivity index (χ0n) is 16.1. The standard InChI is InChI=1S/C20H26N2O4S2/c1-15-7-3-4-9-18(15)26-14-16(2)21-20(23)17-8-5-11-22(13-17)28(24,25)19-10-6-12-27-19/h3-4,6-7,9-10,12,16-17H,5,8,11,13-14H2,1-2H3,(H,21,23)/t16-,17-/m1/s1. The highest BCUT2D eigenvalue weighted by atomic mass is 32.2. The minimum Gasteiger partial charge on any atom is -0.491 e. The van der Waals surface area contributed by atoms with E-state index >= 15 is 0 Å². The fraction of sp³-hybridized carbons (Fsp3) is 0.450. The van der Waals surface area contributed by atoms with Crippen molar-refractivity contribution in [1.82, 2.24) is 9.62 Å². The minimum atomic E-state index is -3.52. The van der Waals surface area contributed by atoms with Crippen LogP contribution >= 0.6 is 11.3 Å². The van der Waals surface area contributed by atoms with Crippen LogP contribution in [0.2, 0.25) is 0 Å². The Kier molecular flexibility index (Phi) is 6.74. The van der Waals surface area contributed by atoms with Gasteiger partial charge in [0.1, 0.15) is 16.6 Å². The number of piperidine rings is 1. The average Bonchev–Trinajstić information content (AvgIpc) is 3.23. The summed E-state index contributed by atoms with van der Waals surface area (Å²) in [4.78, 5) is 12.7. The van der Waals surface area contributed by atoms with Crippen molar-refractivity contribution in [2.45, 2.75) is 36.9 Å². The maximum atomic E-state index is 12.7. The van der Waals surface area contributed by atoms with Gasteiger partial charge in [-0.05, 0) is 49.8 Å². The summed E-state index contributed by atoms with van der Waals surface area (Å²) in [5.41, 5.74) is 1.04. The normalized spacial score (nSPS) is 19.1. The molecule has 1 amide bonds. The number of hydrogen-bond donors (Lipinski definition) is 1. The SMILES string of the molecule is Cc1ccccc1OC[C@@H](C)NC(=O)[C@@H]1CCCN(S(=O)(=O)c2cccs2)C1. The second-order valence-corrected chi connectivity index (χ2v) is 10.2. The zero-order chi connectivity index (χ0) is 20.1. The number of ether oxygens (including phenoxy) is 1. The molecule has 0 aliphatic carbocycles. The Hall–Kier alpha value is -1.90. The van der Waals surface area contributed by atoms with E-state index in [0.717, 1.165) is 11.3 Å². The van der Waals surface area contributed by atoms with Crippen molar-refractivity contribution in [2.24, 2.45) is 5.92 Å². The van der Waals surface area contributed by atoms with Gasteiger partial charge < -0.3 is 10.1 Å². The third-order valence-corrected chi connectivity index (χ3v) is 8.05. The molecule has 1 fully saturated rings. The van der Waals surface area contributed by atoms with Crippen LogP contribution in [0.3, 0.4) is 0 Å². The number of sulfonamides is 1. The van der Waals surface area contributed by atoms with Crippen LogP contribution in [0.4, 0.5) is 0 Å². The fourth-order valence-electron chi connectivity index (χ4n) is 3.25. The second-order valence-electron chi connectivity index (χ2n) is 7.12. The van der Waals surface area contributed by atoms with Gasteiger partial charge in [0.05, 0.1) is 12.0 Å². The van der Waals surface area contributed by atoms with Gasteiger partial charge in [0.25, 0.3) is 10.0 Å². The molecule has 1 aromatic heterocycles. The van der Waals surface area contributed by atoms with Gasteiger partial charge >= 0.3 is 0 Å². The van der Waals surface area contributed by atoms with Crippen LogP contribution in [-0.2, 0) is 14.8 Å². The molecule has 1 N–H and O–H groups in total. The second kappa shape index (κ2) is 9.07. The predicted octanol–water partition coefficient (Wildman–Crippen LogP) is 3.04. The summed E-state index contributed by atoms with van der Waals surface area (Å²) in [5, 5.41) is 4.71. The van der Waals surface area contributed by atoms with Crippen molar-refractivity contribution in [3.8, 4) is 5.75 Å². The van der Waals surface area contributed by atoms with E-state index in [-0.39, 0.29) is 24.4 Å². The molecule has 152 valence electrons. The molecule has 0 radical (unpaired) electrons. The van der Waals surface area contributed by atoms with Crippen LogP contribution in [0.1, 0.15) is 25.3 Å². The van der Waals surface area contributed by atoms with E-state index in [4.69, 9.17) is 4.74 Å². The first-order valence-electron chi connectivity index (χ1n) is 9.40. The molecule has 0 bridgehead atoms. The minimum absolute atomic E-state index is 0.119. The van der Waals surface area contributed by atoms with E-state index in [1.165, 1.54) is 15.6 Å². The zero-order valence-corrected chi connectivity index (χ0v) is 17.8. The fourth-order valence-corrected chi connectivity index (χ4v) is 5.92. The molecule has 28 heavy (non-hydrogen) atoms. The van der Waals surface area contributed by atoms with Crippen LogP contribution < -0.4 is 10.1 Å². The molecule has 0 spiro atoms. The lowest BCUT2D eigenvalue weighted by Crippen LogP contribution is -2.47. The molecule has 1 aliphatic heterocycles. The summed E-state index contributed by atoms with van der Waals surface area (Å²) < 4.78 is 33.0. The first-order valence-corrected chi connectivity index (χ1v) is 11.7. The van der Waals surface area contributed by atoms with Crippen LogP contribution in [0, 0.1) is 12.8 Å². The van der Waals surface area contributed by atoms with Crippen LogP contribution in [0.25, 0.3) is 0 Å². The van der Waals surface area contributed by atoms with Crippen molar-refractivity contribution >= 4 is 27.3 Å². The molecule has 0 saturated carbocycles. The Balaban J connectivity index is 1.54. The Morgan fingerprint density at radius 1 is 1.32 bits per heavy atom. The first kappa shape index (κ1) is 20.8. The number of carbonyl (C=O) groups is 1. The summed E-state index contributed by atoms with van der Waals surface area (Å²) in [7, 11) is -3.52. The van der Waals surface area contributed by atoms with Gasteiger partial charge in [0.2, 0.25) is 5.91 Å². The summed E-state index contributed by atoms with van der Waals surface area (Å²) in [6, 6.07) is 10.9. The number of thiophene rings is 1. The number of aryl methyl sites for hydroxylation is 1. The predicted molar refractivity (Wildman–Crippen MR) is 110 cm³/mol. The van der Waals surface area contributed by atoms with E-state index in [0.29, 0.717) is 30.2 Å². The lowest BCUT2D eigenvalue weighted by atomic mass is 9.98. The molecule has 2 aromatic rings. The number of nitrogens with zero attached hydrogens (tertiary/aromatic N) is 1. The third-order valence-electron chi connectivity index (χ3n) is 4.82. The van der Waals surface area contributed by atoms with E-state index < -0.39 is 10.0 Å². The van der Waals surface area contributed by atoms with Gasteiger partial charge in [-0.1, -0.05) is 24.3 Å². The average molecular weight is 423 g/mol. The van der Waals surface area contributed by atoms with E-state index in [1.807, 2.05) is 38.1 Å². The monoisotopic (exact) mass is 422 g/mol.